The van der Waals surface area contributed by atoms with Gasteiger partial charge in [0.25, 0.3) is 0 Å². The number of aliphatic imine (C=N–C) groups is 1. The van der Waals surface area contributed by atoms with E-state index in [4.69, 9.17) is 0 Å². The van der Waals surface area contributed by atoms with Gasteiger partial charge < -0.3 is 15.5 Å². The van der Waals surface area contributed by atoms with Crippen LogP contribution in [0.4, 0.5) is 5.13 Å². The maximum absolute atomic E-state index is 4.66. The number of hydrogen-bond acceptors (Lipinski definition) is 4. The van der Waals surface area contributed by atoms with Gasteiger partial charge in [-0.25, -0.2) is 9.98 Å². The van der Waals surface area contributed by atoms with Crippen LogP contribution < -0.4 is 15.5 Å². The second-order valence-corrected chi connectivity index (χ2v) is 7.42. The summed E-state index contributed by atoms with van der Waals surface area (Å²) in [6.45, 7) is 10.3. The predicted molar refractivity (Wildman–Crippen MR) is 103 cm³/mol. The van der Waals surface area contributed by atoms with Gasteiger partial charge in [-0.3, -0.25) is 0 Å². The zero-order valence-corrected chi connectivity index (χ0v) is 16.3. The van der Waals surface area contributed by atoms with Crippen molar-refractivity contribution in [3.05, 3.63) is 11.1 Å². The molecule has 0 amide bonds. The number of thiazole rings is 1. The van der Waals surface area contributed by atoms with Crippen molar-refractivity contribution in [3.8, 4) is 0 Å². The van der Waals surface area contributed by atoms with Crippen LogP contribution in [0.3, 0.4) is 0 Å². The SMILES string of the molecule is CCNC(=NCc1csc(N(C)C)n1)NC(C)CCCC(C)C. The second kappa shape index (κ2) is 10.5. The number of rotatable bonds is 9. The average molecular weight is 340 g/mol. The van der Waals surface area contributed by atoms with Crippen LogP contribution in [-0.2, 0) is 6.54 Å². The molecule has 23 heavy (non-hydrogen) atoms. The van der Waals surface area contributed by atoms with E-state index >= 15 is 0 Å². The van der Waals surface area contributed by atoms with Gasteiger partial charge in [0.2, 0.25) is 0 Å². The summed E-state index contributed by atoms with van der Waals surface area (Å²) in [4.78, 5) is 11.3. The Balaban J connectivity index is 2.51. The molecule has 1 aromatic rings. The van der Waals surface area contributed by atoms with Crippen LogP contribution in [0.25, 0.3) is 0 Å². The summed E-state index contributed by atoms with van der Waals surface area (Å²) >= 11 is 1.66. The fourth-order valence-electron chi connectivity index (χ4n) is 2.19. The number of hydrogen-bond donors (Lipinski definition) is 2. The lowest BCUT2D eigenvalue weighted by Gasteiger charge is -2.18. The monoisotopic (exact) mass is 339 g/mol. The summed E-state index contributed by atoms with van der Waals surface area (Å²) in [5.74, 6) is 1.66. The molecule has 0 aliphatic heterocycles. The van der Waals surface area contributed by atoms with Gasteiger partial charge >= 0.3 is 0 Å². The molecule has 0 saturated heterocycles. The van der Waals surface area contributed by atoms with E-state index in [0.29, 0.717) is 12.6 Å². The summed E-state index contributed by atoms with van der Waals surface area (Å²) in [6, 6.07) is 0.430. The van der Waals surface area contributed by atoms with Crippen molar-refractivity contribution >= 4 is 22.4 Å². The average Bonchev–Trinajstić information content (AvgIpc) is 2.93. The van der Waals surface area contributed by atoms with Crippen LogP contribution in [-0.4, -0.2) is 37.6 Å². The van der Waals surface area contributed by atoms with Gasteiger partial charge in [-0.1, -0.05) is 26.7 Å². The maximum atomic E-state index is 4.66. The molecule has 0 spiro atoms. The van der Waals surface area contributed by atoms with E-state index in [0.717, 1.165) is 29.2 Å². The highest BCUT2D eigenvalue weighted by atomic mass is 32.1. The van der Waals surface area contributed by atoms with Crippen LogP contribution >= 0.6 is 11.3 Å². The standard InChI is InChI=1S/C17H33N5S/c1-7-18-16(20-14(4)10-8-9-13(2)3)19-11-15-12-23-17(21-15)22(5)6/h12-14H,7-11H2,1-6H3,(H2,18,19,20). The van der Waals surface area contributed by atoms with Crippen molar-refractivity contribution in [3.63, 3.8) is 0 Å². The quantitative estimate of drug-likeness (QED) is 0.534. The number of anilines is 1. The fourth-order valence-corrected chi connectivity index (χ4v) is 2.94. The first kappa shape index (κ1) is 19.7. The molecular weight excluding hydrogens is 306 g/mol. The Kier molecular flexibility index (Phi) is 8.99. The zero-order valence-electron chi connectivity index (χ0n) is 15.5. The topological polar surface area (TPSA) is 52.6 Å². The van der Waals surface area contributed by atoms with Gasteiger partial charge in [0, 0.05) is 32.1 Å². The van der Waals surface area contributed by atoms with Gasteiger partial charge in [0.15, 0.2) is 11.1 Å². The van der Waals surface area contributed by atoms with Crippen molar-refractivity contribution in [2.45, 2.75) is 59.5 Å². The Morgan fingerprint density at radius 3 is 2.61 bits per heavy atom. The normalized spacial score (nSPS) is 13.3. The Labute approximate surface area is 145 Å². The third-order valence-corrected chi connectivity index (χ3v) is 4.52. The molecule has 5 nitrogen and oxygen atoms in total. The molecule has 1 heterocycles. The summed E-state index contributed by atoms with van der Waals surface area (Å²) in [5.41, 5.74) is 1.02. The molecule has 132 valence electrons. The van der Waals surface area contributed by atoms with Gasteiger partial charge in [-0.05, 0) is 26.2 Å². The molecule has 1 rings (SSSR count). The number of guanidine groups is 1. The van der Waals surface area contributed by atoms with E-state index in [-0.39, 0.29) is 0 Å². The molecule has 2 N–H and O–H groups in total. The molecule has 1 aromatic heterocycles. The smallest absolute Gasteiger partial charge is 0.191 e. The van der Waals surface area contributed by atoms with E-state index < -0.39 is 0 Å². The highest BCUT2D eigenvalue weighted by molar-refractivity contribution is 7.13. The minimum absolute atomic E-state index is 0.430. The van der Waals surface area contributed by atoms with Gasteiger partial charge in [-0.2, -0.15) is 0 Å². The van der Waals surface area contributed by atoms with Gasteiger partial charge in [0.05, 0.1) is 12.2 Å². The highest BCUT2D eigenvalue weighted by Gasteiger charge is 2.07. The van der Waals surface area contributed by atoms with Crippen LogP contribution in [0.15, 0.2) is 10.4 Å². The molecule has 6 heteroatoms. The van der Waals surface area contributed by atoms with E-state index in [2.05, 4.69) is 53.7 Å². The van der Waals surface area contributed by atoms with Gasteiger partial charge in [-0.15, -0.1) is 11.3 Å². The Bertz CT molecular complexity index is 467. The summed E-state index contributed by atoms with van der Waals surface area (Å²) in [5, 5.41) is 9.91. The number of nitrogens with one attached hydrogen (secondary N) is 2. The van der Waals surface area contributed by atoms with Crippen molar-refractivity contribution < 1.29 is 0 Å². The second-order valence-electron chi connectivity index (χ2n) is 6.58. The molecule has 0 saturated carbocycles. The largest absolute Gasteiger partial charge is 0.357 e. The molecule has 0 aliphatic carbocycles. The first-order chi connectivity index (χ1) is 10.9. The van der Waals surface area contributed by atoms with Crippen LogP contribution in [0.5, 0.6) is 0 Å². The lowest BCUT2D eigenvalue weighted by atomic mass is 10.0. The van der Waals surface area contributed by atoms with Crippen LogP contribution in [0.2, 0.25) is 0 Å². The van der Waals surface area contributed by atoms with E-state index in [1.54, 1.807) is 11.3 Å². The van der Waals surface area contributed by atoms with Gasteiger partial charge in [0.1, 0.15) is 0 Å². The Hall–Kier alpha value is -1.30. The maximum Gasteiger partial charge on any atom is 0.191 e. The Morgan fingerprint density at radius 2 is 2.04 bits per heavy atom. The molecule has 1 atom stereocenters. The minimum atomic E-state index is 0.430. The minimum Gasteiger partial charge on any atom is -0.357 e. The van der Waals surface area contributed by atoms with Crippen LogP contribution in [0.1, 0.15) is 52.7 Å². The van der Waals surface area contributed by atoms with Crippen molar-refractivity contribution in [1.29, 1.82) is 0 Å². The fraction of sp³-hybridized carbons (Fsp3) is 0.765. The predicted octanol–water partition coefficient (Wildman–Crippen LogP) is 3.48. The molecule has 0 bridgehead atoms. The summed E-state index contributed by atoms with van der Waals surface area (Å²) < 4.78 is 0. The summed E-state index contributed by atoms with van der Waals surface area (Å²) in [6.07, 6.45) is 3.71. The van der Waals surface area contributed by atoms with E-state index in [1.165, 1.54) is 19.3 Å². The van der Waals surface area contributed by atoms with Crippen molar-refractivity contribution in [2.24, 2.45) is 10.9 Å². The van der Waals surface area contributed by atoms with E-state index in [9.17, 15) is 0 Å². The third kappa shape index (κ3) is 8.21. The molecular formula is C17H33N5S. The highest BCUT2D eigenvalue weighted by Crippen LogP contribution is 2.18. The Morgan fingerprint density at radius 1 is 1.30 bits per heavy atom. The van der Waals surface area contributed by atoms with Crippen molar-refractivity contribution in [2.75, 3.05) is 25.5 Å². The van der Waals surface area contributed by atoms with Crippen molar-refractivity contribution in [1.82, 2.24) is 15.6 Å². The molecule has 1 unspecified atom stereocenters. The van der Waals surface area contributed by atoms with Crippen LogP contribution in [0, 0.1) is 5.92 Å². The number of aromatic nitrogens is 1. The number of nitrogens with zero attached hydrogens (tertiary/aromatic N) is 3. The lowest BCUT2D eigenvalue weighted by Crippen LogP contribution is -2.42. The first-order valence-electron chi connectivity index (χ1n) is 8.59. The molecule has 0 radical (unpaired) electrons. The summed E-state index contributed by atoms with van der Waals surface area (Å²) in [7, 11) is 4.02. The lowest BCUT2D eigenvalue weighted by molar-refractivity contribution is 0.491. The molecule has 0 aromatic carbocycles. The zero-order chi connectivity index (χ0) is 17.2. The van der Waals surface area contributed by atoms with E-state index in [1.807, 2.05) is 19.0 Å². The molecule has 0 aliphatic rings. The third-order valence-electron chi connectivity index (χ3n) is 3.47. The molecule has 0 fully saturated rings. The first-order valence-corrected chi connectivity index (χ1v) is 9.46.